The molecule has 3 nitrogen and oxygen atoms in total. The van der Waals surface area contributed by atoms with Crippen molar-refractivity contribution in [1.82, 2.24) is 0 Å². The molecule has 0 atom stereocenters. The zero-order valence-electron chi connectivity index (χ0n) is 9.28. The lowest BCUT2D eigenvalue weighted by molar-refractivity contribution is 0.102. The van der Waals surface area contributed by atoms with Crippen molar-refractivity contribution in [2.24, 2.45) is 0 Å². The second-order valence-corrected chi connectivity index (χ2v) is 4.52. The van der Waals surface area contributed by atoms with Crippen LogP contribution in [-0.4, -0.2) is 5.91 Å². The highest BCUT2D eigenvalue weighted by Crippen LogP contribution is 2.20. The van der Waals surface area contributed by atoms with Crippen molar-refractivity contribution in [2.45, 2.75) is 0 Å². The summed E-state index contributed by atoms with van der Waals surface area (Å²) < 4.78 is 13.9. The lowest BCUT2D eigenvalue weighted by Crippen LogP contribution is -2.12. The maximum Gasteiger partial charge on any atom is 0.256 e. The summed E-state index contributed by atoms with van der Waals surface area (Å²) in [5.41, 5.74) is 6.25. The van der Waals surface area contributed by atoms with Crippen molar-refractivity contribution in [3.63, 3.8) is 0 Å². The van der Waals surface area contributed by atoms with Gasteiger partial charge in [0.1, 0.15) is 5.82 Å². The molecule has 2 aromatic carbocycles. The van der Waals surface area contributed by atoms with Crippen LogP contribution in [0.15, 0.2) is 46.9 Å². The average molecular weight is 309 g/mol. The molecular weight excluding hydrogens is 299 g/mol. The summed E-state index contributed by atoms with van der Waals surface area (Å²) in [5.74, 6) is -0.869. The van der Waals surface area contributed by atoms with E-state index in [0.717, 1.165) is 0 Å². The minimum Gasteiger partial charge on any atom is -0.396 e. The van der Waals surface area contributed by atoms with Gasteiger partial charge in [-0.2, -0.15) is 0 Å². The molecule has 1 amide bonds. The number of nitrogens with two attached hydrogens (primary N) is 1. The van der Waals surface area contributed by atoms with Crippen LogP contribution in [-0.2, 0) is 0 Å². The predicted molar refractivity (Wildman–Crippen MR) is 72.9 cm³/mol. The Morgan fingerprint density at radius 3 is 2.61 bits per heavy atom. The van der Waals surface area contributed by atoms with Crippen LogP contribution >= 0.6 is 15.9 Å². The summed E-state index contributed by atoms with van der Waals surface area (Å²) in [7, 11) is 0. The largest absolute Gasteiger partial charge is 0.396 e. The zero-order chi connectivity index (χ0) is 13.1. The fourth-order valence-electron chi connectivity index (χ4n) is 1.45. The molecule has 0 unspecified atom stereocenters. The first-order chi connectivity index (χ1) is 8.58. The van der Waals surface area contributed by atoms with Crippen molar-refractivity contribution in [1.29, 1.82) is 0 Å². The number of rotatable bonds is 2. The van der Waals surface area contributed by atoms with Gasteiger partial charge < -0.3 is 11.1 Å². The van der Waals surface area contributed by atoms with Crippen molar-refractivity contribution >= 4 is 33.2 Å². The van der Waals surface area contributed by atoms with E-state index in [2.05, 4.69) is 21.2 Å². The molecule has 3 N–H and O–H groups in total. The minimum atomic E-state index is -0.556. The SMILES string of the molecule is Nc1ccc(NC(=O)c2ccccc2Br)cc1F. The van der Waals surface area contributed by atoms with Crippen LogP contribution in [0.3, 0.4) is 0 Å². The molecule has 0 saturated heterocycles. The highest BCUT2D eigenvalue weighted by Gasteiger charge is 2.10. The predicted octanol–water partition coefficient (Wildman–Crippen LogP) is 3.42. The monoisotopic (exact) mass is 308 g/mol. The highest BCUT2D eigenvalue weighted by atomic mass is 79.9. The van der Waals surface area contributed by atoms with Gasteiger partial charge in [-0.05, 0) is 46.3 Å². The molecule has 0 aliphatic rings. The fourth-order valence-corrected chi connectivity index (χ4v) is 1.91. The van der Waals surface area contributed by atoms with Gasteiger partial charge in [0, 0.05) is 10.2 Å². The maximum absolute atomic E-state index is 13.2. The van der Waals surface area contributed by atoms with Crippen LogP contribution in [0.25, 0.3) is 0 Å². The van der Waals surface area contributed by atoms with E-state index >= 15 is 0 Å². The molecule has 5 heteroatoms. The van der Waals surface area contributed by atoms with Gasteiger partial charge in [-0.3, -0.25) is 4.79 Å². The number of nitrogen functional groups attached to an aromatic ring is 1. The van der Waals surface area contributed by atoms with Crippen molar-refractivity contribution in [3.8, 4) is 0 Å². The quantitative estimate of drug-likeness (QED) is 0.835. The van der Waals surface area contributed by atoms with Crippen molar-refractivity contribution < 1.29 is 9.18 Å². The normalized spacial score (nSPS) is 10.1. The first kappa shape index (κ1) is 12.6. The Balaban J connectivity index is 2.22. The van der Waals surface area contributed by atoms with Crippen LogP contribution < -0.4 is 11.1 Å². The molecule has 18 heavy (non-hydrogen) atoms. The molecule has 0 fully saturated rings. The van der Waals surface area contributed by atoms with Crippen LogP contribution in [0.1, 0.15) is 10.4 Å². The van der Waals surface area contributed by atoms with Gasteiger partial charge in [0.2, 0.25) is 0 Å². The molecule has 0 saturated carbocycles. The van der Waals surface area contributed by atoms with Gasteiger partial charge in [0.05, 0.1) is 11.3 Å². The van der Waals surface area contributed by atoms with E-state index in [1.165, 1.54) is 12.1 Å². The van der Waals surface area contributed by atoms with Crippen LogP contribution in [0.4, 0.5) is 15.8 Å². The smallest absolute Gasteiger partial charge is 0.256 e. The third kappa shape index (κ3) is 2.68. The van der Waals surface area contributed by atoms with Gasteiger partial charge in [0.15, 0.2) is 0 Å². The first-order valence-electron chi connectivity index (χ1n) is 5.19. The van der Waals surface area contributed by atoms with Crippen LogP contribution in [0.2, 0.25) is 0 Å². The Morgan fingerprint density at radius 1 is 1.22 bits per heavy atom. The Hall–Kier alpha value is -1.88. The minimum absolute atomic E-state index is 0.0499. The summed E-state index contributed by atoms with van der Waals surface area (Å²) in [5, 5.41) is 2.60. The number of amides is 1. The standard InChI is InChI=1S/C13H10BrFN2O/c14-10-4-2-1-3-9(10)13(18)17-8-5-6-12(16)11(15)7-8/h1-7H,16H2,(H,17,18). The maximum atomic E-state index is 13.2. The van der Waals surface area contributed by atoms with Crippen molar-refractivity contribution in [3.05, 3.63) is 58.3 Å². The van der Waals surface area contributed by atoms with Crippen LogP contribution in [0, 0.1) is 5.82 Å². The molecular formula is C13H10BrFN2O. The topological polar surface area (TPSA) is 55.1 Å². The number of hydrogen-bond acceptors (Lipinski definition) is 2. The average Bonchev–Trinajstić information content (AvgIpc) is 2.34. The number of anilines is 2. The second-order valence-electron chi connectivity index (χ2n) is 3.67. The molecule has 0 aliphatic carbocycles. The van der Waals surface area contributed by atoms with Crippen LogP contribution in [0.5, 0.6) is 0 Å². The summed E-state index contributed by atoms with van der Waals surface area (Å²) >= 11 is 3.28. The van der Waals surface area contributed by atoms with Gasteiger partial charge in [-0.15, -0.1) is 0 Å². The second kappa shape index (κ2) is 5.18. The lowest BCUT2D eigenvalue weighted by Gasteiger charge is -2.07. The summed E-state index contributed by atoms with van der Waals surface area (Å²) in [4.78, 5) is 11.9. The van der Waals surface area contributed by atoms with E-state index < -0.39 is 5.82 Å². The number of hydrogen-bond donors (Lipinski definition) is 2. The Labute approximate surface area is 112 Å². The third-order valence-electron chi connectivity index (χ3n) is 2.38. The highest BCUT2D eigenvalue weighted by molar-refractivity contribution is 9.10. The zero-order valence-corrected chi connectivity index (χ0v) is 10.9. The number of carbonyl (C=O) groups excluding carboxylic acids is 1. The summed E-state index contributed by atoms with van der Waals surface area (Å²) in [6.07, 6.45) is 0. The van der Waals surface area contributed by atoms with Gasteiger partial charge in [-0.1, -0.05) is 12.1 Å². The van der Waals surface area contributed by atoms with E-state index in [-0.39, 0.29) is 11.6 Å². The molecule has 0 aromatic heterocycles. The molecule has 0 spiro atoms. The van der Waals surface area contributed by atoms with E-state index in [1.54, 1.807) is 24.3 Å². The first-order valence-corrected chi connectivity index (χ1v) is 5.98. The van der Waals surface area contributed by atoms with E-state index in [0.29, 0.717) is 15.7 Å². The van der Waals surface area contributed by atoms with Crippen molar-refractivity contribution in [2.75, 3.05) is 11.1 Å². The van der Waals surface area contributed by atoms with E-state index in [1.807, 2.05) is 6.07 Å². The number of carbonyl (C=O) groups is 1. The number of nitrogens with one attached hydrogen (secondary N) is 1. The molecule has 0 heterocycles. The fraction of sp³-hybridized carbons (Fsp3) is 0. The molecule has 2 rings (SSSR count). The van der Waals surface area contributed by atoms with E-state index in [9.17, 15) is 9.18 Å². The van der Waals surface area contributed by atoms with Gasteiger partial charge >= 0.3 is 0 Å². The summed E-state index contributed by atoms with van der Waals surface area (Å²) in [6.45, 7) is 0. The summed E-state index contributed by atoms with van der Waals surface area (Å²) in [6, 6.07) is 11.1. The van der Waals surface area contributed by atoms with Gasteiger partial charge in [-0.25, -0.2) is 4.39 Å². The third-order valence-corrected chi connectivity index (χ3v) is 3.07. The Bertz CT molecular complexity index is 601. The van der Waals surface area contributed by atoms with Gasteiger partial charge in [0.25, 0.3) is 5.91 Å². The van der Waals surface area contributed by atoms with E-state index in [4.69, 9.17) is 5.73 Å². The Kier molecular flexibility index (Phi) is 3.62. The molecule has 0 radical (unpaired) electrons. The lowest BCUT2D eigenvalue weighted by atomic mass is 10.2. The molecule has 92 valence electrons. The molecule has 0 aliphatic heterocycles. The molecule has 0 bridgehead atoms. The Morgan fingerprint density at radius 2 is 1.94 bits per heavy atom. The molecule has 2 aromatic rings. The number of benzene rings is 2. The number of halogens is 2.